The van der Waals surface area contributed by atoms with E-state index in [1.165, 1.54) is 32.1 Å². The summed E-state index contributed by atoms with van der Waals surface area (Å²) in [5.41, 5.74) is 6.06. The predicted molar refractivity (Wildman–Crippen MR) is 114 cm³/mol. The SMILES string of the molecule is C/C(SI)=C1/Cc2ccccc2C/C1=C(/C)SI.CC. The third-order valence-electron chi connectivity index (χ3n) is 3.30. The second kappa shape index (κ2) is 9.79. The minimum absolute atomic E-state index is 1.09. The topological polar surface area (TPSA) is 0 Å². The molecule has 1 aliphatic carbocycles. The molecule has 0 spiro atoms. The highest BCUT2D eigenvalue weighted by molar-refractivity contribution is 14.2. The lowest BCUT2D eigenvalue weighted by atomic mass is 9.84. The molecule has 0 aliphatic heterocycles. The standard InChI is InChI=1S/C14H14I2S2.C2H6/c1-9(17-15)13-7-11-5-3-4-6-12(11)8-14(13)10(2)18-16;1-2/h3-6H,7-8H2,1-2H3;1-2H3/b13-9+,14-10+;. The van der Waals surface area contributed by atoms with Gasteiger partial charge in [-0.1, -0.05) is 56.0 Å². The van der Waals surface area contributed by atoms with Gasteiger partial charge in [-0.2, -0.15) is 0 Å². The molecule has 110 valence electrons. The molecular weight excluding hydrogens is 510 g/mol. The lowest BCUT2D eigenvalue weighted by Crippen LogP contribution is -2.10. The van der Waals surface area contributed by atoms with E-state index in [4.69, 9.17) is 0 Å². The van der Waals surface area contributed by atoms with Crippen molar-refractivity contribution in [3.8, 4) is 0 Å². The summed E-state index contributed by atoms with van der Waals surface area (Å²) in [5.74, 6) is 0. The Hall–Kier alpha value is 0.860. The van der Waals surface area contributed by atoms with Crippen molar-refractivity contribution in [1.29, 1.82) is 0 Å². The van der Waals surface area contributed by atoms with Crippen LogP contribution in [0.4, 0.5) is 0 Å². The molecule has 0 radical (unpaired) electrons. The first-order valence-electron chi connectivity index (χ1n) is 6.71. The van der Waals surface area contributed by atoms with Gasteiger partial charge in [0.15, 0.2) is 0 Å². The Bertz CT molecular complexity index is 472. The fourth-order valence-electron chi connectivity index (χ4n) is 2.26. The quantitative estimate of drug-likeness (QED) is 0.363. The Balaban J connectivity index is 0.000000956. The van der Waals surface area contributed by atoms with E-state index < -0.39 is 0 Å². The Kier molecular flexibility index (Phi) is 9.26. The zero-order chi connectivity index (χ0) is 15.1. The van der Waals surface area contributed by atoms with Crippen LogP contribution in [0.2, 0.25) is 0 Å². The number of benzene rings is 1. The van der Waals surface area contributed by atoms with Gasteiger partial charge >= 0.3 is 0 Å². The molecule has 4 heteroatoms. The van der Waals surface area contributed by atoms with Crippen LogP contribution >= 0.6 is 60.3 Å². The van der Waals surface area contributed by atoms with Crippen LogP contribution in [0.25, 0.3) is 0 Å². The van der Waals surface area contributed by atoms with Crippen molar-refractivity contribution in [3.05, 3.63) is 56.3 Å². The zero-order valence-electron chi connectivity index (χ0n) is 12.3. The van der Waals surface area contributed by atoms with Crippen LogP contribution in [0.3, 0.4) is 0 Å². The van der Waals surface area contributed by atoms with Crippen molar-refractivity contribution in [1.82, 2.24) is 0 Å². The van der Waals surface area contributed by atoms with E-state index >= 15 is 0 Å². The molecule has 1 aromatic rings. The molecule has 0 atom stereocenters. The molecule has 0 nitrogen and oxygen atoms in total. The number of halogens is 2. The molecular formula is C16H20I2S2. The highest BCUT2D eigenvalue weighted by atomic mass is 127. The molecule has 0 heterocycles. The van der Waals surface area contributed by atoms with Gasteiger partial charge in [0.2, 0.25) is 0 Å². The van der Waals surface area contributed by atoms with Crippen LogP contribution in [0.5, 0.6) is 0 Å². The minimum Gasteiger partial charge on any atom is -0.0683 e. The van der Waals surface area contributed by atoms with E-state index in [-0.39, 0.29) is 0 Å². The highest BCUT2D eigenvalue weighted by Crippen LogP contribution is 2.41. The van der Waals surface area contributed by atoms with Gasteiger partial charge in [-0.3, -0.25) is 0 Å². The summed E-state index contributed by atoms with van der Waals surface area (Å²) in [4.78, 5) is 2.90. The predicted octanol–water partition coefficient (Wildman–Crippen LogP) is 7.53. The second-order valence-electron chi connectivity index (χ2n) is 4.35. The van der Waals surface area contributed by atoms with E-state index in [2.05, 4.69) is 80.5 Å². The van der Waals surface area contributed by atoms with Crippen LogP contribution in [0.1, 0.15) is 38.8 Å². The van der Waals surface area contributed by atoms with E-state index in [0.29, 0.717) is 0 Å². The maximum atomic E-state index is 2.39. The monoisotopic (exact) mass is 530 g/mol. The van der Waals surface area contributed by atoms with Gasteiger partial charge in [-0.25, -0.2) is 0 Å². The van der Waals surface area contributed by atoms with Crippen LogP contribution < -0.4 is 0 Å². The number of fused-ring (bicyclic) bond motifs is 1. The van der Waals surface area contributed by atoms with Gasteiger partial charge in [0.25, 0.3) is 0 Å². The first-order valence-corrected chi connectivity index (χ1v) is 13.4. The van der Waals surface area contributed by atoms with Crippen LogP contribution in [-0.4, -0.2) is 0 Å². The van der Waals surface area contributed by atoms with E-state index in [9.17, 15) is 0 Å². The molecule has 1 aromatic carbocycles. The third kappa shape index (κ3) is 4.68. The van der Waals surface area contributed by atoms with Gasteiger partial charge in [0.1, 0.15) is 0 Å². The lowest BCUT2D eigenvalue weighted by molar-refractivity contribution is 0.970. The maximum Gasteiger partial charge on any atom is 0.00106 e. The van der Waals surface area contributed by atoms with Crippen molar-refractivity contribution in [3.63, 3.8) is 0 Å². The van der Waals surface area contributed by atoms with Crippen molar-refractivity contribution in [2.75, 3.05) is 0 Å². The molecule has 20 heavy (non-hydrogen) atoms. The summed E-state index contributed by atoms with van der Waals surface area (Å²) in [6, 6.07) is 8.84. The molecule has 0 saturated carbocycles. The summed E-state index contributed by atoms with van der Waals surface area (Å²) in [6.07, 6.45) is 2.17. The maximum absolute atomic E-state index is 2.39. The third-order valence-corrected chi connectivity index (χ3v) is 8.22. The molecule has 0 saturated heterocycles. The Morgan fingerprint density at radius 1 is 0.850 bits per heavy atom. The highest BCUT2D eigenvalue weighted by Gasteiger charge is 2.21. The summed E-state index contributed by atoms with van der Waals surface area (Å²) in [5, 5.41) is 0. The van der Waals surface area contributed by atoms with Crippen LogP contribution in [-0.2, 0) is 12.8 Å². The number of allylic oxidation sites excluding steroid dienone is 4. The largest absolute Gasteiger partial charge is 0.0683 e. The molecule has 2 rings (SSSR count). The first kappa shape index (κ1) is 18.9. The normalized spacial score (nSPS) is 18.7. The van der Waals surface area contributed by atoms with Gasteiger partial charge in [0, 0.05) is 42.4 Å². The Morgan fingerprint density at radius 2 is 1.20 bits per heavy atom. The average Bonchev–Trinajstić information content (AvgIpc) is 2.53. The molecule has 0 aromatic heterocycles. The van der Waals surface area contributed by atoms with Crippen LogP contribution in [0, 0.1) is 0 Å². The fraction of sp³-hybridized carbons (Fsp3) is 0.375. The van der Waals surface area contributed by atoms with Gasteiger partial charge in [-0.05, 0) is 58.8 Å². The van der Waals surface area contributed by atoms with Crippen LogP contribution in [0.15, 0.2) is 45.2 Å². The minimum atomic E-state index is 1.09. The lowest BCUT2D eigenvalue weighted by Gasteiger charge is -2.24. The zero-order valence-corrected chi connectivity index (χ0v) is 18.2. The summed E-state index contributed by atoms with van der Waals surface area (Å²) >= 11 is 4.78. The fourth-order valence-corrected chi connectivity index (χ4v) is 4.44. The van der Waals surface area contributed by atoms with Crippen molar-refractivity contribution >= 4 is 60.3 Å². The first-order chi connectivity index (χ1) is 9.67. The number of hydrogen-bond donors (Lipinski definition) is 0. The van der Waals surface area contributed by atoms with Gasteiger partial charge < -0.3 is 0 Å². The Labute approximate surface area is 155 Å². The van der Waals surface area contributed by atoms with E-state index in [0.717, 1.165) is 12.8 Å². The summed E-state index contributed by atoms with van der Waals surface area (Å²) < 4.78 is 0. The van der Waals surface area contributed by atoms with Gasteiger partial charge in [-0.15, -0.1) is 0 Å². The molecule has 0 amide bonds. The molecule has 0 unspecified atom stereocenters. The summed E-state index contributed by atoms with van der Waals surface area (Å²) in [6.45, 7) is 8.48. The van der Waals surface area contributed by atoms with Crippen molar-refractivity contribution in [2.24, 2.45) is 0 Å². The smallest absolute Gasteiger partial charge is 0.00106 e. The van der Waals surface area contributed by atoms with E-state index in [1.807, 2.05) is 31.7 Å². The number of rotatable bonds is 2. The van der Waals surface area contributed by atoms with Gasteiger partial charge in [0.05, 0.1) is 0 Å². The van der Waals surface area contributed by atoms with E-state index in [1.54, 1.807) is 0 Å². The Morgan fingerprint density at radius 3 is 1.50 bits per heavy atom. The second-order valence-corrected chi connectivity index (χ2v) is 8.52. The average molecular weight is 530 g/mol. The van der Waals surface area contributed by atoms with Crippen molar-refractivity contribution < 1.29 is 0 Å². The number of hydrogen-bond acceptors (Lipinski definition) is 2. The molecule has 0 bridgehead atoms. The molecule has 0 fully saturated rings. The van der Waals surface area contributed by atoms with Crippen molar-refractivity contribution in [2.45, 2.75) is 40.5 Å². The summed E-state index contributed by atoms with van der Waals surface area (Å²) in [7, 11) is 3.68. The molecule has 1 aliphatic rings. The molecule has 0 N–H and O–H groups in total.